The van der Waals surface area contributed by atoms with E-state index in [9.17, 15) is 9.18 Å². The van der Waals surface area contributed by atoms with Crippen LogP contribution in [0.25, 0.3) is 21.9 Å². The zero-order chi connectivity index (χ0) is 24.0. The SMILES string of the molecule is [C-]#[N+]c1ccc(-c2nc(N3CCC4(CCNC4)CC3)cc(=O)n2-c2ccc(C3CC3)nc2)cc1F. The zero-order valence-electron chi connectivity index (χ0n) is 19.5. The summed E-state index contributed by atoms with van der Waals surface area (Å²) in [5.74, 6) is 0.846. The van der Waals surface area contributed by atoms with E-state index in [1.807, 2.05) is 12.1 Å². The van der Waals surface area contributed by atoms with E-state index < -0.39 is 5.82 Å². The highest BCUT2D eigenvalue weighted by molar-refractivity contribution is 5.64. The van der Waals surface area contributed by atoms with Crippen LogP contribution in [0.4, 0.5) is 15.9 Å². The standard InChI is InChI=1S/C27H27FN6O/c1-29-23-6-4-19(14-21(23)28)26-32-24(33-12-9-27(10-13-33)8-11-30-17-27)15-25(35)34(26)20-5-7-22(31-16-20)18-2-3-18/h4-7,14-16,18,30H,2-3,8-13,17H2. The van der Waals surface area contributed by atoms with Crippen LogP contribution >= 0.6 is 0 Å². The van der Waals surface area contributed by atoms with Crippen molar-refractivity contribution in [3.05, 3.63) is 75.9 Å². The van der Waals surface area contributed by atoms with Gasteiger partial charge in [0.2, 0.25) is 5.69 Å². The van der Waals surface area contributed by atoms with E-state index >= 15 is 0 Å². The van der Waals surface area contributed by atoms with Crippen molar-refractivity contribution in [1.82, 2.24) is 19.9 Å². The topological polar surface area (TPSA) is 67.4 Å². The zero-order valence-corrected chi connectivity index (χ0v) is 19.5. The van der Waals surface area contributed by atoms with Crippen LogP contribution in [0.5, 0.6) is 0 Å². The first-order valence-corrected chi connectivity index (χ1v) is 12.3. The van der Waals surface area contributed by atoms with Gasteiger partial charge in [-0.15, -0.1) is 0 Å². The number of anilines is 1. The van der Waals surface area contributed by atoms with Gasteiger partial charge in [-0.3, -0.25) is 14.3 Å². The molecule has 1 saturated carbocycles. The lowest BCUT2D eigenvalue weighted by Crippen LogP contribution is -2.42. The number of benzene rings is 1. The first-order chi connectivity index (χ1) is 17.0. The second-order valence-electron chi connectivity index (χ2n) is 10.0. The normalized spacial score (nSPS) is 19.1. The lowest BCUT2D eigenvalue weighted by Gasteiger charge is -2.39. The highest BCUT2D eigenvalue weighted by Crippen LogP contribution is 2.39. The molecule has 2 saturated heterocycles. The molecule has 3 aliphatic rings. The summed E-state index contributed by atoms with van der Waals surface area (Å²) >= 11 is 0. The van der Waals surface area contributed by atoms with E-state index in [0.717, 1.165) is 57.6 Å². The maximum absolute atomic E-state index is 14.6. The number of halogens is 1. The Morgan fingerprint density at radius 2 is 1.94 bits per heavy atom. The average Bonchev–Trinajstić information content (AvgIpc) is 3.64. The smallest absolute Gasteiger partial charge is 0.260 e. The van der Waals surface area contributed by atoms with Crippen molar-refractivity contribution in [1.29, 1.82) is 0 Å². The number of piperidine rings is 1. The molecular formula is C27H27FN6O. The first-order valence-electron chi connectivity index (χ1n) is 12.3. The van der Waals surface area contributed by atoms with Gasteiger partial charge in [-0.25, -0.2) is 14.2 Å². The van der Waals surface area contributed by atoms with Gasteiger partial charge < -0.3 is 10.2 Å². The summed E-state index contributed by atoms with van der Waals surface area (Å²) in [6.45, 7) is 10.9. The van der Waals surface area contributed by atoms with E-state index in [1.165, 1.54) is 23.1 Å². The van der Waals surface area contributed by atoms with Crippen molar-refractivity contribution < 1.29 is 4.39 Å². The molecule has 8 heteroatoms. The highest BCUT2D eigenvalue weighted by atomic mass is 19.1. The van der Waals surface area contributed by atoms with Crippen molar-refractivity contribution >= 4 is 11.5 Å². The first kappa shape index (κ1) is 21.9. The van der Waals surface area contributed by atoms with Gasteiger partial charge in [-0.05, 0) is 62.3 Å². The minimum atomic E-state index is -0.625. The van der Waals surface area contributed by atoms with Crippen LogP contribution in [0, 0.1) is 17.8 Å². The molecule has 1 spiro atoms. The van der Waals surface area contributed by atoms with E-state index in [4.69, 9.17) is 11.6 Å². The number of hydrogen-bond donors (Lipinski definition) is 1. The van der Waals surface area contributed by atoms with Gasteiger partial charge in [0, 0.05) is 42.9 Å². The van der Waals surface area contributed by atoms with Crippen LogP contribution in [0.1, 0.15) is 43.7 Å². The van der Waals surface area contributed by atoms with Crippen molar-refractivity contribution in [2.75, 3.05) is 31.1 Å². The van der Waals surface area contributed by atoms with Crippen LogP contribution < -0.4 is 15.8 Å². The summed E-state index contributed by atoms with van der Waals surface area (Å²) in [5.41, 5.74) is 2.14. The average molecular weight is 471 g/mol. The molecule has 1 aromatic carbocycles. The molecule has 0 atom stereocenters. The number of hydrogen-bond acceptors (Lipinski definition) is 5. The van der Waals surface area contributed by atoms with Gasteiger partial charge in [0.05, 0.1) is 18.5 Å². The molecule has 0 unspecified atom stereocenters. The fourth-order valence-corrected chi connectivity index (χ4v) is 5.39. The Morgan fingerprint density at radius 3 is 2.57 bits per heavy atom. The second-order valence-corrected chi connectivity index (χ2v) is 10.0. The molecule has 4 heterocycles. The summed E-state index contributed by atoms with van der Waals surface area (Å²) in [5, 5.41) is 3.48. The molecule has 35 heavy (non-hydrogen) atoms. The lowest BCUT2D eigenvalue weighted by atomic mass is 9.78. The molecule has 6 rings (SSSR count). The molecule has 1 aliphatic carbocycles. The number of pyridine rings is 1. The molecule has 7 nitrogen and oxygen atoms in total. The minimum absolute atomic E-state index is 0.0549. The molecule has 3 fully saturated rings. The molecule has 2 aliphatic heterocycles. The molecule has 0 amide bonds. The molecule has 2 aromatic heterocycles. The van der Waals surface area contributed by atoms with Gasteiger partial charge >= 0.3 is 0 Å². The maximum Gasteiger partial charge on any atom is 0.260 e. The lowest BCUT2D eigenvalue weighted by molar-refractivity contribution is 0.247. The van der Waals surface area contributed by atoms with Crippen LogP contribution in [0.2, 0.25) is 0 Å². The summed E-state index contributed by atoms with van der Waals surface area (Å²) in [6, 6.07) is 9.80. The highest BCUT2D eigenvalue weighted by Gasteiger charge is 2.37. The Labute approximate surface area is 203 Å². The second kappa shape index (κ2) is 8.58. The van der Waals surface area contributed by atoms with Crippen LogP contribution in [0.15, 0.2) is 47.4 Å². The Morgan fingerprint density at radius 1 is 1.11 bits per heavy atom. The maximum atomic E-state index is 14.6. The number of aromatic nitrogens is 3. The predicted molar refractivity (Wildman–Crippen MR) is 133 cm³/mol. The third-order valence-electron chi connectivity index (χ3n) is 7.74. The number of rotatable bonds is 4. The number of nitrogens with one attached hydrogen (secondary N) is 1. The Kier molecular flexibility index (Phi) is 5.37. The van der Waals surface area contributed by atoms with E-state index in [1.54, 1.807) is 18.3 Å². The fraction of sp³-hybridized carbons (Fsp3) is 0.407. The third-order valence-corrected chi connectivity index (χ3v) is 7.74. The van der Waals surface area contributed by atoms with Crippen molar-refractivity contribution in [2.45, 2.75) is 38.0 Å². The van der Waals surface area contributed by atoms with E-state index in [2.05, 4.69) is 20.0 Å². The monoisotopic (exact) mass is 470 g/mol. The van der Waals surface area contributed by atoms with Gasteiger partial charge in [-0.1, -0.05) is 12.1 Å². The molecule has 0 bridgehead atoms. The van der Waals surface area contributed by atoms with E-state index in [-0.39, 0.29) is 11.2 Å². The minimum Gasteiger partial charge on any atom is -0.356 e. The summed E-state index contributed by atoms with van der Waals surface area (Å²) in [7, 11) is 0. The van der Waals surface area contributed by atoms with Crippen molar-refractivity contribution in [3.63, 3.8) is 0 Å². The van der Waals surface area contributed by atoms with Crippen LogP contribution in [-0.2, 0) is 0 Å². The van der Waals surface area contributed by atoms with Gasteiger partial charge in [0.25, 0.3) is 5.56 Å². The van der Waals surface area contributed by atoms with Crippen LogP contribution in [0.3, 0.4) is 0 Å². The number of nitrogens with zero attached hydrogens (tertiary/aromatic N) is 5. The molecule has 178 valence electrons. The summed E-state index contributed by atoms with van der Waals surface area (Å²) in [6.07, 6.45) is 7.29. The van der Waals surface area contributed by atoms with Crippen molar-refractivity contribution in [2.24, 2.45) is 5.41 Å². The fourth-order valence-electron chi connectivity index (χ4n) is 5.39. The largest absolute Gasteiger partial charge is 0.356 e. The molecule has 3 aromatic rings. The Hall–Kier alpha value is -3.57. The van der Waals surface area contributed by atoms with Gasteiger partial charge in [0.15, 0.2) is 0 Å². The van der Waals surface area contributed by atoms with Gasteiger partial charge in [0.1, 0.15) is 17.5 Å². The van der Waals surface area contributed by atoms with Crippen LogP contribution in [-0.4, -0.2) is 40.7 Å². The Balaban J connectivity index is 1.41. The summed E-state index contributed by atoms with van der Waals surface area (Å²) in [4.78, 5) is 28.3. The molecule has 1 N–H and O–H groups in total. The van der Waals surface area contributed by atoms with Gasteiger partial charge in [-0.2, -0.15) is 0 Å². The van der Waals surface area contributed by atoms with E-state index in [0.29, 0.717) is 34.2 Å². The quantitative estimate of drug-likeness (QED) is 0.571. The third kappa shape index (κ3) is 4.10. The molecule has 0 radical (unpaired) electrons. The van der Waals surface area contributed by atoms with Crippen molar-refractivity contribution in [3.8, 4) is 17.1 Å². The Bertz CT molecular complexity index is 1360. The molecular weight excluding hydrogens is 443 g/mol. The summed E-state index contributed by atoms with van der Waals surface area (Å²) < 4.78 is 16.1. The predicted octanol–water partition coefficient (Wildman–Crippen LogP) is 4.44.